The quantitative estimate of drug-likeness (QED) is 0.350. The Bertz CT molecular complexity index is 708. The molecule has 11 heteroatoms. The van der Waals surface area contributed by atoms with Gasteiger partial charge in [0.05, 0.1) is 5.41 Å². The van der Waals surface area contributed by atoms with Crippen molar-refractivity contribution in [3.05, 3.63) is 0 Å². The van der Waals surface area contributed by atoms with Crippen molar-refractivity contribution in [2.45, 2.75) is 96.9 Å². The molecule has 0 aromatic carbocycles. The van der Waals surface area contributed by atoms with Crippen LogP contribution in [0.5, 0.6) is 0 Å². The Morgan fingerprint density at radius 1 is 0.812 bits per heavy atom. The van der Waals surface area contributed by atoms with E-state index in [1.807, 2.05) is 0 Å². The van der Waals surface area contributed by atoms with Gasteiger partial charge in [-0.05, 0) is 72.1 Å². The first-order valence-electron chi connectivity index (χ1n) is 10.5. The van der Waals surface area contributed by atoms with Gasteiger partial charge in [0, 0.05) is 5.92 Å². The van der Waals surface area contributed by atoms with E-state index < -0.39 is 71.4 Å². The van der Waals surface area contributed by atoms with Crippen LogP contribution in [0.25, 0.3) is 0 Å². The zero-order chi connectivity index (χ0) is 24.9. The predicted octanol–water partition coefficient (Wildman–Crippen LogP) is 6.20. The minimum Gasteiger partial charge on any atom is -0.462 e. The Morgan fingerprint density at radius 3 is 1.72 bits per heavy atom. The van der Waals surface area contributed by atoms with Crippen molar-refractivity contribution in [1.29, 1.82) is 0 Å². The molecule has 2 aliphatic carbocycles. The lowest BCUT2D eigenvalue weighted by atomic mass is 9.74. The van der Waals surface area contributed by atoms with Crippen molar-refractivity contribution < 1.29 is 50.1 Å². The van der Waals surface area contributed by atoms with Gasteiger partial charge in [-0.15, -0.1) is 0 Å². The Kier molecular flexibility index (Phi) is 6.87. The maximum absolute atomic E-state index is 14.0. The van der Waals surface area contributed by atoms with Crippen LogP contribution in [-0.2, 0) is 19.0 Å². The van der Waals surface area contributed by atoms with Gasteiger partial charge in [0.15, 0.2) is 0 Å². The highest BCUT2D eigenvalue weighted by Crippen LogP contribution is 2.62. The molecule has 2 bridgehead atoms. The molecule has 0 saturated heterocycles. The van der Waals surface area contributed by atoms with E-state index in [1.54, 1.807) is 20.8 Å². The second-order valence-electron chi connectivity index (χ2n) is 10.3. The van der Waals surface area contributed by atoms with Gasteiger partial charge in [-0.3, -0.25) is 4.79 Å². The third kappa shape index (κ3) is 4.95. The monoisotopic (exact) mass is 476 g/mol. The van der Waals surface area contributed by atoms with Crippen LogP contribution in [-0.4, -0.2) is 41.8 Å². The van der Waals surface area contributed by atoms with Crippen molar-refractivity contribution in [3.63, 3.8) is 0 Å². The fourth-order valence-electron chi connectivity index (χ4n) is 4.48. The minimum atomic E-state index is -5.92. The van der Waals surface area contributed by atoms with Gasteiger partial charge in [0.1, 0.15) is 11.7 Å². The lowest BCUT2D eigenvalue weighted by Gasteiger charge is -2.44. The summed E-state index contributed by atoms with van der Waals surface area (Å²) < 4.78 is 98.3. The lowest BCUT2D eigenvalue weighted by molar-refractivity contribution is -0.390. The molecule has 0 spiro atoms. The number of rotatable bonds is 5. The first-order chi connectivity index (χ1) is 14.2. The van der Waals surface area contributed by atoms with Crippen LogP contribution < -0.4 is 0 Å². The Morgan fingerprint density at radius 2 is 1.34 bits per heavy atom. The van der Waals surface area contributed by atoms with Crippen molar-refractivity contribution in [1.82, 2.24) is 0 Å². The van der Waals surface area contributed by atoms with Crippen molar-refractivity contribution in [2.75, 3.05) is 0 Å². The molecule has 2 rings (SSSR count). The summed E-state index contributed by atoms with van der Waals surface area (Å²) in [7, 11) is 0. The summed E-state index contributed by atoms with van der Waals surface area (Å²) >= 11 is 0. The number of hydrogen-bond acceptors (Lipinski definition) is 5. The predicted molar refractivity (Wildman–Crippen MR) is 100 cm³/mol. The van der Waals surface area contributed by atoms with Crippen molar-refractivity contribution >= 4 is 12.1 Å². The normalized spacial score (nSPS) is 26.8. The SMILES string of the molecule is CCC(C)(C)C(=O)OC1CC2CC1CC2C(OC(=O)OC(C)(C)C)(C(F)(F)F)C(F)(F)F. The van der Waals surface area contributed by atoms with Crippen LogP contribution in [0.2, 0.25) is 0 Å². The molecular formula is C21H30F6O5. The number of alkyl halides is 6. The molecule has 0 aliphatic heterocycles. The second kappa shape index (κ2) is 8.27. The number of fused-ring (bicyclic) bond motifs is 2. The molecule has 0 aromatic heterocycles. The van der Waals surface area contributed by atoms with Crippen molar-refractivity contribution in [3.8, 4) is 0 Å². The fraction of sp³-hybridized carbons (Fsp3) is 0.905. The van der Waals surface area contributed by atoms with E-state index in [0.717, 1.165) is 0 Å². The smallest absolute Gasteiger partial charge is 0.462 e. The maximum atomic E-state index is 14.0. The summed E-state index contributed by atoms with van der Waals surface area (Å²) in [5.41, 5.74) is -6.87. The van der Waals surface area contributed by atoms with Crippen LogP contribution >= 0.6 is 0 Å². The van der Waals surface area contributed by atoms with E-state index in [9.17, 15) is 35.9 Å². The molecule has 0 radical (unpaired) electrons. The summed E-state index contributed by atoms with van der Waals surface area (Å²) in [6, 6.07) is 0. The molecule has 32 heavy (non-hydrogen) atoms. The first kappa shape index (κ1) is 26.6. The van der Waals surface area contributed by atoms with E-state index in [4.69, 9.17) is 4.74 Å². The Balaban J connectivity index is 2.32. The van der Waals surface area contributed by atoms with Crippen LogP contribution in [0.3, 0.4) is 0 Å². The van der Waals surface area contributed by atoms with E-state index in [1.165, 1.54) is 20.8 Å². The highest BCUT2D eigenvalue weighted by atomic mass is 19.4. The molecule has 4 atom stereocenters. The average Bonchev–Trinajstić information content (AvgIpc) is 3.15. The van der Waals surface area contributed by atoms with Crippen molar-refractivity contribution in [2.24, 2.45) is 23.2 Å². The molecule has 2 saturated carbocycles. The molecule has 0 amide bonds. The number of esters is 1. The standard InChI is InChI=1S/C21H30F6O5/c1-7-18(5,6)15(28)30-14-10-11-8-12(14)9-13(11)19(20(22,23)24,21(25,26)27)32-16(29)31-17(2,3)4/h11-14H,7-10H2,1-6H3. The first-order valence-corrected chi connectivity index (χ1v) is 10.5. The van der Waals surface area contributed by atoms with E-state index in [0.29, 0.717) is 6.42 Å². The van der Waals surface area contributed by atoms with E-state index >= 15 is 0 Å². The van der Waals surface area contributed by atoms with Crippen LogP contribution in [0, 0.1) is 23.2 Å². The number of hydrogen-bond donors (Lipinski definition) is 0. The molecule has 2 fully saturated rings. The molecule has 2 aliphatic rings. The second-order valence-corrected chi connectivity index (χ2v) is 10.3. The molecular weight excluding hydrogens is 446 g/mol. The number of carbonyl (C=O) groups excluding carboxylic acids is 2. The van der Waals surface area contributed by atoms with E-state index in [2.05, 4.69) is 9.47 Å². The zero-order valence-corrected chi connectivity index (χ0v) is 18.9. The molecule has 0 N–H and O–H groups in total. The summed E-state index contributed by atoms with van der Waals surface area (Å²) in [6.07, 6.45) is -14.9. The topological polar surface area (TPSA) is 61.8 Å². The van der Waals surface area contributed by atoms with Crippen LogP contribution in [0.1, 0.15) is 67.2 Å². The van der Waals surface area contributed by atoms with Crippen LogP contribution in [0.4, 0.5) is 31.1 Å². The summed E-state index contributed by atoms with van der Waals surface area (Å²) in [4.78, 5) is 24.3. The minimum absolute atomic E-state index is 0.0146. The average molecular weight is 476 g/mol. The van der Waals surface area contributed by atoms with Crippen LogP contribution in [0.15, 0.2) is 0 Å². The molecule has 186 valence electrons. The zero-order valence-electron chi connectivity index (χ0n) is 18.9. The molecule has 5 nitrogen and oxygen atoms in total. The molecule has 0 aromatic rings. The summed E-state index contributed by atoms with van der Waals surface area (Å²) in [6.45, 7) is 8.96. The van der Waals surface area contributed by atoms with Gasteiger partial charge in [0.25, 0.3) is 0 Å². The number of carbonyl (C=O) groups is 2. The highest BCUT2D eigenvalue weighted by Gasteiger charge is 2.80. The molecule has 4 unspecified atom stereocenters. The largest absolute Gasteiger partial charge is 0.510 e. The lowest BCUT2D eigenvalue weighted by Crippen LogP contribution is -2.65. The third-order valence-corrected chi connectivity index (χ3v) is 6.49. The summed E-state index contributed by atoms with van der Waals surface area (Å²) in [5, 5.41) is 0. The van der Waals surface area contributed by atoms with Gasteiger partial charge in [0.2, 0.25) is 0 Å². The number of halogens is 6. The third-order valence-electron chi connectivity index (χ3n) is 6.49. The van der Waals surface area contributed by atoms with Gasteiger partial charge in [-0.25, -0.2) is 4.79 Å². The van der Waals surface area contributed by atoms with Gasteiger partial charge < -0.3 is 14.2 Å². The number of ether oxygens (including phenoxy) is 3. The Labute approximate surface area is 183 Å². The van der Waals surface area contributed by atoms with Gasteiger partial charge in [-0.2, -0.15) is 26.3 Å². The molecule has 0 heterocycles. The maximum Gasteiger partial charge on any atom is 0.510 e. The van der Waals surface area contributed by atoms with E-state index in [-0.39, 0.29) is 12.8 Å². The highest BCUT2D eigenvalue weighted by molar-refractivity contribution is 5.76. The Hall–Kier alpha value is -1.68. The van der Waals surface area contributed by atoms with Gasteiger partial charge >= 0.3 is 30.1 Å². The van der Waals surface area contributed by atoms with Gasteiger partial charge in [-0.1, -0.05) is 6.92 Å². The fourth-order valence-corrected chi connectivity index (χ4v) is 4.48. The summed E-state index contributed by atoms with van der Waals surface area (Å²) in [5.74, 6) is -4.38.